The number of hydrogen-bond acceptors (Lipinski definition) is 4. The molecule has 0 aromatic carbocycles. The molecule has 0 aromatic heterocycles. The molecule has 106 valence electrons. The Morgan fingerprint density at radius 3 is 1.94 bits per heavy atom. The third-order valence-electron chi connectivity index (χ3n) is 1.44. The second-order valence-corrected chi connectivity index (χ2v) is 5.50. The number of nitrogens with zero attached hydrogens (tertiary/aromatic N) is 1. The van der Waals surface area contributed by atoms with Crippen molar-refractivity contribution in [1.29, 1.82) is 0 Å². The van der Waals surface area contributed by atoms with Crippen molar-refractivity contribution in [3.63, 3.8) is 0 Å². The predicted octanol–water partition coefficient (Wildman–Crippen LogP) is -0.183. The van der Waals surface area contributed by atoms with E-state index in [-0.39, 0.29) is 13.2 Å². The number of aliphatic hydroxyl groups excluding tert-OH is 1. The summed E-state index contributed by atoms with van der Waals surface area (Å²) < 4.78 is 19.6. The summed E-state index contributed by atoms with van der Waals surface area (Å²) in [6, 6.07) is 0. The molecule has 0 rings (SSSR count). The summed E-state index contributed by atoms with van der Waals surface area (Å²) in [6.07, 6.45) is 0. The van der Waals surface area contributed by atoms with Gasteiger partial charge < -0.3 is 24.1 Å². The van der Waals surface area contributed by atoms with Crippen molar-refractivity contribution in [2.24, 2.45) is 0 Å². The summed E-state index contributed by atoms with van der Waals surface area (Å²) in [5.74, 6) is 0. The highest BCUT2D eigenvalue weighted by Gasteiger charge is 2.10. The Labute approximate surface area is 103 Å². The van der Waals surface area contributed by atoms with Crippen molar-refractivity contribution in [3.05, 3.63) is 0 Å². The quantitative estimate of drug-likeness (QED) is 0.338. The van der Waals surface area contributed by atoms with Crippen LogP contribution in [0.5, 0.6) is 0 Å². The highest BCUT2D eigenvalue weighted by atomic mass is 31.2. The number of phosphoric ester groups is 1. The first-order chi connectivity index (χ1) is 7.62. The third kappa shape index (κ3) is 25.9. The lowest BCUT2D eigenvalue weighted by Gasteiger charge is -2.23. The van der Waals surface area contributed by atoms with Crippen molar-refractivity contribution in [3.8, 4) is 0 Å². The van der Waals surface area contributed by atoms with Gasteiger partial charge in [0, 0.05) is 0 Å². The molecule has 0 spiro atoms. The Morgan fingerprint density at radius 2 is 1.71 bits per heavy atom. The van der Waals surface area contributed by atoms with E-state index < -0.39 is 7.82 Å². The number of quaternary nitrogens is 1. The molecule has 0 aliphatic rings. The first-order valence-corrected chi connectivity index (χ1v) is 6.84. The highest BCUT2D eigenvalue weighted by molar-refractivity contribution is 7.46. The molecule has 0 amide bonds. The molecule has 0 heterocycles. The zero-order chi connectivity index (χ0) is 13.9. The van der Waals surface area contributed by atoms with Gasteiger partial charge >= 0.3 is 7.82 Å². The maximum atomic E-state index is 9.70. The van der Waals surface area contributed by atoms with E-state index in [4.69, 9.17) is 19.6 Å². The Kier molecular flexibility index (Phi) is 11.3. The molecular formula is C9H25NO6P+. The van der Waals surface area contributed by atoms with E-state index in [9.17, 15) is 4.57 Å². The van der Waals surface area contributed by atoms with Gasteiger partial charge in [-0.2, -0.15) is 0 Å². The van der Waals surface area contributed by atoms with Crippen molar-refractivity contribution in [1.82, 2.24) is 0 Å². The smallest absolute Gasteiger partial charge is 0.394 e. The van der Waals surface area contributed by atoms with Gasteiger partial charge in [-0.1, -0.05) is 0 Å². The number of phosphoric acid groups is 1. The molecule has 17 heavy (non-hydrogen) atoms. The Hall–Kier alpha value is -0.0100. The van der Waals surface area contributed by atoms with Crippen LogP contribution in [0.3, 0.4) is 0 Å². The van der Waals surface area contributed by atoms with Crippen LogP contribution in [0.25, 0.3) is 0 Å². The molecule has 0 unspecified atom stereocenters. The fourth-order valence-corrected chi connectivity index (χ4v) is 1.01. The lowest BCUT2D eigenvalue weighted by atomic mass is 10.5. The van der Waals surface area contributed by atoms with E-state index in [2.05, 4.69) is 25.7 Å². The lowest BCUT2D eigenvalue weighted by molar-refractivity contribution is -0.870. The predicted molar refractivity (Wildman–Crippen MR) is 64.5 cm³/mol. The lowest BCUT2D eigenvalue weighted by Crippen LogP contribution is -2.37. The first kappa shape index (κ1) is 19.3. The Bertz CT molecular complexity index is 212. The maximum Gasteiger partial charge on any atom is 0.469 e. The maximum absolute atomic E-state index is 9.70. The van der Waals surface area contributed by atoms with Crippen molar-refractivity contribution >= 4 is 7.82 Å². The average Bonchev–Trinajstić information content (AvgIpc) is 2.10. The molecule has 0 aliphatic carbocycles. The number of hydrogen-bond donors (Lipinski definition) is 3. The van der Waals surface area contributed by atoms with Crippen LogP contribution in [-0.2, 0) is 13.8 Å². The molecule has 0 bridgehead atoms. The summed E-state index contributed by atoms with van der Waals surface area (Å²) in [6.45, 7) is 3.85. The van der Waals surface area contributed by atoms with E-state index in [1.54, 1.807) is 0 Å². The van der Waals surface area contributed by atoms with Crippen LogP contribution in [0.4, 0.5) is 0 Å². The zero-order valence-corrected chi connectivity index (χ0v) is 11.9. The summed E-state index contributed by atoms with van der Waals surface area (Å²) in [4.78, 5) is 15.8. The minimum atomic E-state index is -4.17. The molecule has 8 heteroatoms. The van der Waals surface area contributed by atoms with Crippen LogP contribution < -0.4 is 0 Å². The SMILES string of the molecule is CCOP(=O)(O)O.C[N+](C)(C)CCOCCO. The number of ether oxygens (including phenoxy) is 1. The molecule has 0 fully saturated rings. The second-order valence-electron chi connectivity index (χ2n) is 4.26. The van der Waals surface area contributed by atoms with Crippen LogP contribution in [0.15, 0.2) is 0 Å². The topological polar surface area (TPSA) is 96.2 Å². The van der Waals surface area contributed by atoms with Crippen molar-refractivity contribution in [2.75, 3.05) is 54.1 Å². The van der Waals surface area contributed by atoms with Gasteiger partial charge in [0.05, 0.1) is 47.6 Å². The highest BCUT2D eigenvalue weighted by Crippen LogP contribution is 2.34. The molecule has 3 N–H and O–H groups in total. The Morgan fingerprint density at radius 1 is 1.18 bits per heavy atom. The van der Waals surface area contributed by atoms with Crippen molar-refractivity contribution < 1.29 is 33.2 Å². The molecule has 0 radical (unpaired) electrons. The van der Waals surface area contributed by atoms with Crippen LogP contribution in [0, 0.1) is 0 Å². The van der Waals surface area contributed by atoms with Gasteiger partial charge in [0.2, 0.25) is 0 Å². The van der Waals surface area contributed by atoms with Gasteiger partial charge in [0.15, 0.2) is 0 Å². The van der Waals surface area contributed by atoms with E-state index in [0.717, 1.165) is 17.6 Å². The number of rotatable bonds is 7. The minimum Gasteiger partial charge on any atom is -0.394 e. The van der Waals surface area contributed by atoms with Gasteiger partial charge in [0.1, 0.15) is 6.54 Å². The average molecular weight is 274 g/mol. The summed E-state index contributed by atoms with van der Waals surface area (Å²) in [5, 5.41) is 8.37. The molecule has 0 saturated carbocycles. The fraction of sp³-hybridized carbons (Fsp3) is 1.00. The summed E-state index contributed by atoms with van der Waals surface area (Å²) in [7, 11) is 2.17. The van der Waals surface area contributed by atoms with E-state index in [1.165, 1.54) is 6.92 Å². The molecule has 7 nitrogen and oxygen atoms in total. The Balaban J connectivity index is 0. The van der Waals surface area contributed by atoms with E-state index in [0.29, 0.717) is 6.61 Å². The van der Waals surface area contributed by atoms with Crippen LogP contribution in [-0.4, -0.2) is 73.5 Å². The monoisotopic (exact) mass is 274 g/mol. The number of aliphatic hydroxyl groups is 1. The fourth-order valence-electron chi connectivity index (χ4n) is 0.673. The molecule has 0 aromatic rings. The van der Waals surface area contributed by atoms with Gasteiger partial charge in [-0.25, -0.2) is 4.57 Å². The van der Waals surface area contributed by atoms with Crippen LogP contribution in [0.1, 0.15) is 6.92 Å². The standard InChI is InChI=1S/C7H18NO2.C2H7O4P/c1-8(2,3)4-6-10-7-5-9;1-2-6-7(3,4)5/h9H,4-7H2,1-3H3;2H2,1H3,(H2,3,4,5)/q+1;. The first-order valence-electron chi connectivity index (χ1n) is 5.31. The van der Waals surface area contributed by atoms with Gasteiger partial charge in [0.25, 0.3) is 0 Å². The number of likely N-dealkylation sites (N-methyl/N-ethyl adjacent to an activating group) is 1. The van der Waals surface area contributed by atoms with E-state index in [1.807, 2.05) is 0 Å². The summed E-state index contributed by atoms with van der Waals surface area (Å²) >= 11 is 0. The van der Waals surface area contributed by atoms with E-state index >= 15 is 0 Å². The normalized spacial score (nSPS) is 11.9. The minimum absolute atomic E-state index is 0.0459. The van der Waals surface area contributed by atoms with Crippen molar-refractivity contribution in [2.45, 2.75) is 6.92 Å². The third-order valence-corrected chi connectivity index (χ3v) is 2.03. The van der Waals surface area contributed by atoms with Crippen LogP contribution >= 0.6 is 7.82 Å². The van der Waals surface area contributed by atoms with Crippen LogP contribution in [0.2, 0.25) is 0 Å². The van der Waals surface area contributed by atoms with Gasteiger partial charge in [-0.15, -0.1) is 0 Å². The largest absolute Gasteiger partial charge is 0.469 e. The summed E-state index contributed by atoms with van der Waals surface area (Å²) in [5.41, 5.74) is 0. The van der Waals surface area contributed by atoms with Gasteiger partial charge in [-0.3, -0.25) is 4.52 Å². The zero-order valence-electron chi connectivity index (χ0n) is 11.0. The second kappa shape index (κ2) is 9.96. The molecule has 0 saturated heterocycles. The molecule has 0 atom stereocenters. The molecule has 0 aliphatic heterocycles. The molecular weight excluding hydrogens is 249 g/mol. The van der Waals surface area contributed by atoms with Gasteiger partial charge in [-0.05, 0) is 6.92 Å².